The van der Waals surface area contributed by atoms with Crippen LogP contribution >= 0.6 is 24.8 Å². The molecule has 0 saturated heterocycles. The molecular formula is C11H19N2S2+. The molecule has 0 aromatic carbocycles. The quantitative estimate of drug-likeness (QED) is 0.230. The number of thiocarbonyl (C=S) groups is 1. The van der Waals surface area contributed by atoms with Crippen molar-refractivity contribution in [1.82, 2.24) is 0 Å². The van der Waals surface area contributed by atoms with Gasteiger partial charge in [-0.2, -0.15) is 0 Å². The number of hydrogen-bond acceptors (Lipinski definition) is 2. The molecule has 3 N–H and O–H groups in total. The molecular weight excluding hydrogens is 224 g/mol. The minimum Gasteiger partial charge on any atom is -0.287 e. The molecule has 0 aliphatic carbocycles. The summed E-state index contributed by atoms with van der Waals surface area (Å²) < 4.78 is 0. The van der Waals surface area contributed by atoms with Gasteiger partial charge in [-0.15, -0.1) is 12.6 Å². The van der Waals surface area contributed by atoms with Gasteiger partial charge in [0.2, 0.25) is 0 Å². The number of thiol groups is 1. The molecule has 0 aliphatic rings. The van der Waals surface area contributed by atoms with Crippen LogP contribution in [0.5, 0.6) is 0 Å². The molecule has 0 fully saturated rings. The van der Waals surface area contributed by atoms with E-state index in [1.807, 2.05) is 34.6 Å². The summed E-state index contributed by atoms with van der Waals surface area (Å²) in [4.78, 5) is 4.90. The van der Waals surface area contributed by atoms with Gasteiger partial charge in [0.15, 0.2) is 0 Å². The summed E-state index contributed by atoms with van der Waals surface area (Å²) in [5.41, 5.74) is 8.86. The molecule has 0 rings (SSSR count). The van der Waals surface area contributed by atoms with E-state index >= 15 is 0 Å². The highest BCUT2D eigenvalue weighted by atomic mass is 32.1. The highest BCUT2D eigenvalue weighted by Crippen LogP contribution is 2.04. The van der Waals surface area contributed by atoms with Crippen molar-refractivity contribution in [2.75, 3.05) is 0 Å². The first-order valence-electron chi connectivity index (χ1n) is 4.72. The molecule has 0 atom stereocenters. The molecule has 2 nitrogen and oxygen atoms in total. The van der Waals surface area contributed by atoms with E-state index < -0.39 is 0 Å². The summed E-state index contributed by atoms with van der Waals surface area (Å²) in [5, 5.41) is 0. The number of hydrogen-bond donors (Lipinski definition) is 3. The van der Waals surface area contributed by atoms with Crippen LogP contribution < -0.4 is 10.7 Å². The van der Waals surface area contributed by atoms with E-state index in [1.165, 1.54) is 0 Å². The molecule has 0 saturated carbocycles. The molecule has 0 spiro atoms. The predicted molar refractivity (Wildman–Crippen MR) is 74.2 cm³/mol. The molecule has 0 heterocycles. The second kappa shape index (κ2) is 6.08. The Labute approximate surface area is 103 Å². The highest BCUT2D eigenvalue weighted by molar-refractivity contribution is 7.84. The molecule has 0 aliphatic heterocycles. The molecule has 15 heavy (non-hydrogen) atoms. The van der Waals surface area contributed by atoms with Crippen molar-refractivity contribution in [3.63, 3.8) is 0 Å². The molecule has 0 bridgehead atoms. The van der Waals surface area contributed by atoms with Gasteiger partial charge in [-0.25, -0.2) is 4.99 Å². The Morgan fingerprint density at radius 2 is 1.53 bits per heavy atom. The first-order chi connectivity index (χ1) is 6.77. The molecule has 84 valence electrons. The Hall–Kier alpha value is -0.610. The summed E-state index contributed by atoms with van der Waals surface area (Å²) in [6.07, 6.45) is 0. The van der Waals surface area contributed by atoms with E-state index in [0.717, 1.165) is 26.6 Å². The second-order valence-corrected chi connectivity index (χ2v) is 4.84. The number of nitrogens with one attached hydrogen (secondary N) is 1. The normalized spacial score (nSPS) is 15.7. The molecule has 0 aromatic rings. The molecule has 0 unspecified atom stereocenters. The largest absolute Gasteiger partial charge is 0.287 e. The maximum atomic E-state index is 5.88. The lowest BCUT2D eigenvalue weighted by Crippen LogP contribution is -2.73. The maximum absolute atomic E-state index is 5.88. The molecule has 4 heteroatoms. The Bertz CT molecular complexity index is 359. The van der Waals surface area contributed by atoms with Crippen LogP contribution in [0.25, 0.3) is 0 Å². The summed E-state index contributed by atoms with van der Waals surface area (Å²) in [6, 6.07) is 0. The van der Waals surface area contributed by atoms with Crippen molar-refractivity contribution >= 4 is 35.5 Å². The van der Waals surface area contributed by atoms with E-state index in [2.05, 4.69) is 17.6 Å². The van der Waals surface area contributed by atoms with Crippen molar-refractivity contribution in [2.45, 2.75) is 34.6 Å². The van der Waals surface area contributed by atoms with Gasteiger partial charge < -0.3 is 0 Å². The van der Waals surface area contributed by atoms with Crippen LogP contribution in [0.3, 0.4) is 0 Å². The van der Waals surface area contributed by atoms with Crippen molar-refractivity contribution in [1.29, 1.82) is 0 Å². The van der Waals surface area contributed by atoms with Crippen LogP contribution in [0.4, 0.5) is 0 Å². The minimum absolute atomic E-state index is 0.621. The van der Waals surface area contributed by atoms with Crippen LogP contribution in [0.2, 0.25) is 0 Å². The Morgan fingerprint density at radius 1 is 1.07 bits per heavy atom. The fraction of sp³-hybridized carbons (Fsp3) is 0.455. The van der Waals surface area contributed by atoms with Crippen LogP contribution in [0.15, 0.2) is 21.7 Å². The SMILES string of the molecule is CC(=S)C(C)=C(C)[NH+]=C(N)/C(C)=C(/C)S. The number of allylic oxidation sites excluding steroid dienone is 3. The van der Waals surface area contributed by atoms with E-state index in [1.54, 1.807) is 0 Å². The van der Waals surface area contributed by atoms with E-state index in [4.69, 9.17) is 18.0 Å². The molecule has 0 aromatic heterocycles. The van der Waals surface area contributed by atoms with Gasteiger partial charge in [0.1, 0.15) is 5.70 Å². The number of rotatable bonds is 3. The fourth-order valence-corrected chi connectivity index (χ4v) is 1.12. The van der Waals surface area contributed by atoms with Gasteiger partial charge in [-0.3, -0.25) is 5.73 Å². The van der Waals surface area contributed by atoms with Gasteiger partial charge in [-0.05, 0) is 39.5 Å². The average molecular weight is 243 g/mol. The zero-order valence-corrected chi connectivity index (χ0v) is 11.6. The molecule has 0 amide bonds. The van der Waals surface area contributed by atoms with Crippen molar-refractivity contribution in [3.05, 3.63) is 21.7 Å². The Balaban J connectivity index is 5.18. The minimum atomic E-state index is 0.621. The monoisotopic (exact) mass is 243 g/mol. The molecule has 0 radical (unpaired) electrons. The average Bonchev–Trinajstić information content (AvgIpc) is 2.14. The third kappa shape index (κ3) is 4.62. The Morgan fingerprint density at radius 3 is 1.87 bits per heavy atom. The number of amidine groups is 1. The summed E-state index contributed by atoms with van der Waals surface area (Å²) in [5.74, 6) is 0.621. The third-order valence-electron chi connectivity index (χ3n) is 2.36. The van der Waals surface area contributed by atoms with Gasteiger partial charge >= 0.3 is 0 Å². The Kier molecular flexibility index (Phi) is 5.83. The smallest absolute Gasteiger partial charge is 0.273 e. The predicted octanol–water partition coefficient (Wildman–Crippen LogP) is 1.33. The van der Waals surface area contributed by atoms with Crippen molar-refractivity contribution in [2.24, 2.45) is 5.73 Å². The van der Waals surface area contributed by atoms with Crippen LogP contribution in [-0.4, -0.2) is 10.7 Å². The van der Waals surface area contributed by atoms with E-state index in [0.29, 0.717) is 5.84 Å². The lowest BCUT2D eigenvalue weighted by molar-refractivity contribution is -0.398. The first kappa shape index (κ1) is 14.4. The summed E-state index contributed by atoms with van der Waals surface area (Å²) in [6.45, 7) is 9.67. The maximum Gasteiger partial charge on any atom is 0.273 e. The van der Waals surface area contributed by atoms with E-state index in [-0.39, 0.29) is 0 Å². The second-order valence-electron chi connectivity index (χ2n) is 3.56. The number of nitrogens with two attached hydrogens (primary N) is 1. The standard InChI is InChI=1S/C11H18N2S2/c1-6(9(4)14)8(3)13-11(12)7(2)10(5)15/h15H,1-5H3,(H2,12,13)/p+1/b8-6?,10-7-. The van der Waals surface area contributed by atoms with E-state index in [9.17, 15) is 0 Å². The first-order valence-corrected chi connectivity index (χ1v) is 5.57. The van der Waals surface area contributed by atoms with Crippen molar-refractivity contribution in [3.8, 4) is 0 Å². The van der Waals surface area contributed by atoms with Crippen LogP contribution in [0, 0.1) is 0 Å². The zero-order chi connectivity index (χ0) is 12.2. The topological polar surface area (TPSA) is 40.0 Å². The van der Waals surface area contributed by atoms with Crippen molar-refractivity contribution < 1.29 is 4.99 Å². The van der Waals surface area contributed by atoms with Crippen LogP contribution in [-0.2, 0) is 0 Å². The third-order valence-corrected chi connectivity index (χ3v) is 3.00. The summed E-state index contributed by atoms with van der Waals surface area (Å²) in [7, 11) is 0. The van der Waals surface area contributed by atoms with Gasteiger partial charge in [0.25, 0.3) is 5.84 Å². The van der Waals surface area contributed by atoms with Gasteiger partial charge in [0, 0.05) is 16.0 Å². The lowest BCUT2D eigenvalue weighted by atomic mass is 10.2. The van der Waals surface area contributed by atoms with Gasteiger partial charge in [-0.1, -0.05) is 12.2 Å². The zero-order valence-electron chi connectivity index (χ0n) is 9.93. The highest BCUT2D eigenvalue weighted by Gasteiger charge is 2.07. The lowest BCUT2D eigenvalue weighted by Gasteiger charge is -2.01. The fourth-order valence-electron chi connectivity index (χ4n) is 0.848. The van der Waals surface area contributed by atoms with Crippen LogP contribution in [0.1, 0.15) is 34.6 Å². The summed E-state index contributed by atoms with van der Waals surface area (Å²) >= 11 is 9.33. The van der Waals surface area contributed by atoms with Gasteiger partial charge in [0.05, 0.1) is 0 Å².